The Labute approximate surface area is 152 Å². The van der Waals surface area contributed by atoms with Crippen LogP contribution < -0.4 is 10.2 Å². The van der Waals surface area contributed by atoms with E-state index in [0.717, 1.165) is 11.4 Å². The SMILES string of the molecule is CC1(O)CC(N2CC(NC(=O)OC(C)(C)C)Cc3cc(Cl)nnc32)C1. The zero-order valence-electron chi connectivity index (χ0n) is 15.0. The molecule has 2 heterocycles. The predicted molar refractivity (Wildman–Crippen MR) is 94.9 cm³/mol. The van der Waals surface area contributed by atoms with Gasteiger partial charge in [-0.25, -0.2) is 4.79 Å². The van der Waals surface area contributed by atoms with Crippen LogP contribution in [0.3, 0.4) is 0 Å². The number of carbonyl (C=O) groups is 1. The van der Waals surface area contributed by atoms with Crippen molar-refractivity contribution in [3.05, 3.63) is 16.8 Å². The Balaban J connectivity index is 1.76. The molecule has 8 heteroatoms. The molecular weight excluding hydrogens is 344 g/mol. The standard InChI is InChI=1S/C17H25ClN4O3/c1-16(2,3)25-15(23)19-11-5-10-6-13(18)20-21-14(10)22(9-11)12-7-17(4,24)8-12/h6,11-12,24H,5,7-9H2,1-4H3,(H,19,23). The van der Waals surface area contributed by atoms with E-state index in [1.165, 1.54) is 0 Å². The summed E-state index contributed by atoms with van der Waals surface area (Å²) in [6, 6.07) is 1.84. The van der Waals surface area contributed by atoms with Gasteiger partial charge in [0.25, 0.3) is 0 Å². The monoisotopic (exact) mass is 368 g/mol. The van der Waals surface area contributed by atoms with Crippen molar-refractivity contribution in [1.29, 1.82) is 0 Å². The molecule has 0 aromatic carbocycles. The average Bonchev–Trinajstić information content (AvgIpc) is 2.41. The van der Waals surface area contributed by atoms with Crippen LogP contribution >= 0.6 is 11.6 Å². The number of anilines is 1. The number of ether oxygens (including phenoxy) is 1. The van der Waals surface area contributed by atoms with Gasteiger partial charge in [0.1, 0.15) is 5.60 Å². The van der Waals surface area contributed by atoms with E-state index in [9.17, 15) is 9.90 Å². The lowest BCUT2D eigenvalue weighted by atomic mass is 9.75. The molecule has 2 N–H and O–H groups in total. The lowest BCUT2D eigenvalue weighted by Gasteiger charge is -2.49. The molecule has 25 heavy (non-hydrogen) atoms. The van der Waals surface area contributed by atoms with E-state index in [1.807, 2.05) is 27.7 Å². The molecule has 3 rings (SSSR count). The van der Waals surface area contributed by atoms with Crippen molar-refractivity contribution < 1.29 is 14.6 Å². The van der Waals surface area contributed by atoms with E-state index < -0.39 is 17.3 Å². The third-order valence-electron chi connectivity index (χ3n) is 4.49. The summed E-state index contributed by atoms with van der Waals surface area (Å²) in [4.78, 5) is 14.2. The fourth-order valence-corrected chi connectivity index (χ4v) is 3.68. The lowest BCUT2D eigenvalue weighted by Crippen LogP contribution is -2.59. The van der Waals surface area contributed by atoms with Crippen LogP contribution in [-0.2, 0) is 11.2 Å². The first-order valence-electron chi connectivity index (χ1n) is 8.53. The lowest BCUT2D eigenvalue weighted by molar-refractivity contribution is -0.0319. The molecule has 138 valence electrons. The van der Waals surface area contributed by atoms with Crippen LogP contribution in [0.5, 0.6) is 0 Å². The summed E-state index contributed by atoms with van der Waals surface area (Å²) in [6.07, 6.45) is 1.50. The van der Waals surface area contributed by atoms with Gasteiger partial charge in [-0.3, -0.25) is 0 Å². The van der Waals surface area contributed by atoms with Gasteiger partial charge in [0.15, 0.2) is 11.0 Å². The Kier molecular flexibility index (Phi) is 4.58. The van der Waals surface area contributed by atoms with Gasteiger partial charge in [-0.2, -0.15) is 0 Å². The fraction of sp³-hybridized carbons (Fsp3) is 0.706. The number of aromatic nitrogens is 2. The van der Waals surface area contributed by atoms with Crippen molar-refractivity contribution in [3.63, 3.8) is 0 Å². The molecule has 1 aromatic heterocycles. The molecule has 0 radical (unpaired) electrons. The summed E-state index contributed by atoms with van der Waals surface area (Å²) >= 11 is 5.99. The van der Waals surface area contributed by atoms with Gasteiger partial charge >= 0.3 is 6.09 Å². The van der Waals surface area contributed by atoms with Crippen molar-refractivity contribution in [3.8, 4) is 0 Å². The van der Waals surface area contributed by atoms with E-state index in [0.29, 0.717) is 31.0 Å². The summed E-state index contributed by atoms with van der Waals surface area (Å²) < 4.78 is 5.36. The van der Waals surface area contributed by atoms with Crippen molar-refractivity contribution >= 4 is 23.5 Å². The number of hydrogen-bond donors (Lipinski definition) is 2. The summed E-state index contributed by atoms with van der Waals surface area (Å²) in [5.41, 5.74) is -0.243. The van der Waals surface area contributed by atoms with Gasteiger partial charge < -0.3 is 20.1 Å². The average molecular weight is 369 g/mol. The second-order valence-corrected chi connectivity index (χ2v) is 8.66. The first kappa shape index (κ1) is 18.2. The fourth-order valence-electron chi connectivity index (χ4n) is 3.51. The molecule has 0 saturated heterocycles. The molecule has 1 aliphatic carbocycles. The first-order chi connectivity index (χ1) is 11.5. The van der Waals surface area contributed by atoms with Gasteiger partial charge in [0.05, 0.1) is 11.6 Å². The maximum absolute atomic E-state index is 12.1. The molecule has 1 aromatic rings. The molecule has 1 saturated carbocycles. The maximum Gasteiger partial charge on any atom is 0.407 e. The molecule has 0 bridgehead atoms. The Morgan fingerprint density at radius 1 is 1.44 bits per heavy atom. The van der Waals surface area contributed by atoms with Crippen LogP contribution in [0.2, 0.25) is 5.15 Å². The molecule has 1 atom stereocenters. The summed E-state index contributed by atoms with van der Waals surface area (Å²) in [5, 5.41) is 21.5. The number of carbonyl (C=O) groups excluding carboxylic acids is 1. The van der Waals surface area contributed by atoms with Crippen molar-refractivity contribution in [2.75, 3.05) is 11.4 Å². The normalized spacial score (nSPS) is 28.8. The smallest absolute Gasteiger partial charge is 0.407 e. The Hall–Kier alpha value is -1.60. The van der Waals surface area contributed by atoms with Crippen LogP contribution in [0.1, 0.15) is 46.1 Å². The third-order valence-corrected chi connectivity index (χ3v) is 4.67. The first-order valence-corrected chi connectivity index (χ1v) is 8.91. The highest BCUT2D eigenvalue weighted by atomic mass is 35.5. The second kappa shape index (κ2) is 6.29. The van der Waals surface area contributed by atoms with Gasteiger partial charge in [0, 0.05) is 18.2 Å². The molecule has 1 aliphatic heterocycles. The topological polar surface area (TPSA) is 87.6 Å². The zero-order chi connectivity index (χ0) is 18.4. The maximum atomic E-state index is 12.1. The minimum atomic E-state index is -0.643. The number of rotatable bonds is 2. The predicted octanol–water partition coefficient (Wildman–Crippen LogP) is 2.30. The number of aliphatic hydroxyl groups is 1. The third kappa shape index (κ3) is 4.33. The number of nitrogens with zero attached hydrogens (tertiary/aromatic N) is 3. The highest BCUT2D eigenvalue weighted by Crippen LogP contribution is 2.39. The number of hydrogen-bond acceptors (Lipinski definition) is 6. The quantitative estimate of drug-likeness (QED) is 0.832. The van der Waals surface area contributed by atoms with E-state index in [4.69, 9.17) is 16.3 Å². The molecular formula is C17H25ClN4O3. The molecule has 7 nitrogen and oxygen atoms in total. The highest BCUT2D eigenvalue weighted by molar-refractivity contribution is 6.29. The van der Waals surface area contributed by atoms with Gasteiger partial charge in [-0.1, -0.05) is 11.6 Å². The van der Waals surface area contributed by atoms with Crippen LogP contribution in [0.15, 0.2) is 6.07 Å². The number of fused-ring (bicyclic) bond motifs is 1. The Morgan fingerprint density at radius 2 is 2.12 bits per heavy atom. The summed E-state index contributed by atoms with van der Waals surface area (Å²) in [5.74, 6) is 0.784. The zero-order valence-corrected chi connectivity index (χ0v) is 15.8. The van der Waals surface area contributed by atoms with E-state index in [-0.39, 0.29) is 12.1 Å². The minimum Gasteiger partial charge on any atom is -0.444 e. The minimum absolute atomic E-state index is 0.117. The molecule has 2 aliphatic rings. The van der Waals surface area contributed by atoms with Gasteiger partial charge in [-0.05, 0) is 53.0 Å². The second-order valence-electron chi connectivity index (χ2n) is 8.27. The van der Waals surface area contributed by atoms with Crippen molar-refractivity contribution in [1.82, 2.24) is 15.5 Å². The van der Waals surface area contributed by atoms with Crippen LogP contribution in [0.4, 0.5) is 10.6 Å². The Morgan fingerprint density at radius 3 is 2.72 bits per heavy atom. The van der Waals surface area contributed by atoms with E-state index in [2.05, 4.69) is 20.4 Å². The van der Waals surface area contributed by atoms with E-state index in [1.54, 1.807) is 6.07 Å². The van der Waals surface area contributed by atoms with Crippen LogP contribution in [-0.4, -0.2) is 51.2 Å². The number of alkyl carbamates (subject to hydrolysis) is 1. The Bertz CT molecular complexity index is 666. The highest BCUT2D eigenvalue weighted by Gasteiger charge is 2.44. The largest absolute Gasteiger partial charge is 0.444 e. The van der Waals surface area contributed by atoms with Gasteiger partial charge in [-0.15, -0.1) is 10.2 Å². The molecule has 0 spiro atoms. The van der Waals surface area contributed by atoms with Crippen LogP contribution in [0.25, 0.3) is 0 Å². The molecule has 1 fully saturated rings. The van der Waals surface area contributed by atoms with Gasteiger partial charge in [0.2, 0.25) is 0 Å². The van der Waals surface area contributed by atoms with E-state index >= 15 is 0 Å². The van der Waals surface area contributed by atoms with Crippen LogP contribution in [0, 0.1) is 0 Å². The molecule has 1 amide bonds. The summed E-state index contributed by atoms with van der Waals surface area (Å²) in [7, 11) is 0. The number of nitrogens with one attached hydrogen (secondary N) is 1. The van der Waals surface area contributed by atoms with Crippen molar-refractivity contribution in [2.24, 2.45) is 0 Å². The van der Waals surface area contributed by atoms with Crippen molar-refractivity contribution in [2.45, 2.75) is 70.2 Å². The summed E-state index contributed by atoms with van der Waals surface area (Å²) in [6.45, 7) is 7.93. The molecule has 1 unspecified atom stereocenters. The number of amides is 1. The number of halogens is 1.